The van der Waals surface area contributed by atoms with Crippen LogP contribution in [0.2, 0.25) is 0 Å². The Kier molecular flexibility index (Phi) is 4.31. The van der Waals surface area contributed by atoms with E-state index in [1.807, 2.05) is 17.5 Å². The van der Waals surface area contributed by atoms with Gasteiger partial charge in [-0.2, -0.15) is 0 Å². The van der Waals surface area contributed by atoms with E-state index in [1.165, 1.54) is 17.4 Å². The second-order valence-corrected chi connectivity index (χ2v) is 8.78. The highest BCUT2D eigenvalue weighted by Crippen LogP contribution is 2.52. The number of halogens is 2. The third kappa shape index (κ3) is 2.99. The number of aromatic nitrogens is 1. The van der Waals surface area contributed by atoms with Crippen LogP contribution < -0.4 is 10.1 Å². The number of benzene rings is 1. The summed E-state index contributed by atoms with van der Waals surface area (Å²) in [5.41, 5.74) is 1.67. The molecule has 1 aliphatic heterocycles. The molecule has 0 saturated heterocycles. The summed E-state index contributed by atoms with van der Waals surface area (Å²) in [6.07, 6.45) is 1.52. The molecule has 1 fully saturated rings. The largest absolute Gasteiger partial charge is 0.490 e. The number of nitrogens with one attached hydrogen (secondary N) is 1. The highest BCUT2D eigenvalue weighted by molar-refractivity contribution is 7.17. The SMILES string of the molecule is CC1COc2c1cc(C(CNC=O)C1(F)CC1)nc2-c1csc2c(F)cccc12. The molecule has 0 radical (unpaired) electrons. The van der Waals surface area contributed by atoms with Crippen molar-refractivity contribution in [1.82, 2.24) is 10.3 Å². The van der Waals surface area contributed by atoms with E-state index in [0.29, 0.717) is 47.7 Å². The zero-order valence-corrected chi connectivity index (χ0v) is 16.7. The molecule has 150 valence electrons. The van der Waals surface area contributed by atoms with Gasteiger partial charge < -0.3 is 10.1 Å². The monoisotopic (exact) mass is 414 g/mol. The van der Waals surface area contributed by atoms with E-state index in [0.717, 1.165) is 16.5 Å². The van der Waals surface area contributed by atoms with E-state index in [1.54, 1.807) is 6.07 Å². The van der Waals surface area contributed by atoms with Crippen molar-refractivity contribution in [3.8, 4) is 17.0 Å². The molecule has 3 aromatic rings. The summed E-state index contributed by atoms with van der Waals surface area (Å²) in [6.45, 7) is 2.78. The Morgan fingerprint density at radius 1 is 1.45 bits per heavy atom. The van der Waals surface area contributed by atoms with Gasteiger partial charge in [-0.05, 0) is 25.0 Å². The average Bonchev–Trinajstić information content (AvgIpc) is 3.13. The van der Waals surface area contributed by atoms with Gasteiger partial charge in [0.05, 0.1) is 17.2 Å². The van der Waals surface area contributed by atoms with Crippen molar-refractivity contribution in [2.45, 2.75) is 37.3 Å². The molecule has 1 amide bonds. The van der Waals surface area contributed by atoms with Crippen molar-refractivity contribution in [3.63, 3.8) is 0 Å². The number of alkyl halides is 1. The number of amides is 1. The maximum atomic E-state index is 15.1. The van der Waals surface area contributed by atoms with Crippen molar-refractivity contribution in [3.05, 3.63) is 46.7 Å². The van der Waals surface area contributed by atoms with Crippen LogP contribution in [0.5, 0.6) is 5.75 Å². The van der Waals surface area contributed by atoms with E-state index < -0.39 is 11.6 Å². The molecule has 1 saturated carbocycles. The summed E-state index contributed by atoms with van der Waals surface area (Å²) in [5.74, 6) is 0.0540. The fourth-order valence-corrected chi connectivity index (χ4v) is 5.10. The molecule has 2 aliphatic rings. The Morgan fingerprint density at radius 3 is 3.03 bits per heavy atom. The van der Waals surface area contributed by atoms with Crippen LogP contribution in [0, 0.1) is 5.82 Å². The Bertz CT molecular complexity index is 1110. The van der Waals surface area contributed by atoms with Crippen LogP contribution in [-0.4, -0.2) is 30.2 Å². The molecule has 5 rings (SSSR count). The summed E-state index contributed by atoms with van der Waals surface area (Å²) >= 11 is 1.32. The number of carbonyl (C=O) groups is 1. The van der Waals surface area contributed by atoms with Gasteiger partial charge in [0, 0.05) is 40.0 Å². The number of nitrogens with zero attached hydrogens (tertiary/aromatic N) is 1. The molecule has 0 bridgehead atoms. The van der Waals surface area contributed by atoms with E-state index in [-0.39, 0.29) is 18.3 Å². The summed E-state index contributed by atoms with van der Waals surface area (Å²) in [5, 5.41) is 5.28. The normalized spacial score (nSPS) is 20.2. The summed E-state index contributed by atoms with van der Waals surface area (Å²) < 4.78 is 35.9. The van der Waals surface area contributed by atoms with E-state index in [4.69, 9.17) is 9.72 Å². The van der Waals surface area contributed by atoms with Crippen LogP contribution >= 0.6 is 11.3 Å². The molecular weight excluding hydrogens is 394 g/mol. The molecule has 3 heterocycles. The Hall–Kier alpha value is -2.54. The second kappa shape index (κ2) is 6.76. The first-order valence-corrected chi connectivity index (χ1v) is 10.6. The maximum Gasteiger partial charge on any atom is 0.207 e. The van der Waals surface area contributed by atoms with Gasteiger partial charge in [-0.15, -0.1) is 11.3 Å². The van der Waals surface area contributed by atoms with Gasteiger partial charge in [-0.25, -0.2) is 13.8 Å². The molecule has 1 aromatic carbocycles. The standard InChI is InChI=1S/C22H20F2N2O2S/c1-12-9-28-20-14(12)7-18(16(8-25-11-27)22(24)5-6-22)26-19(20)15-10-29-21-13(15)3-2-4-17(21)23/h2-4,7,10-12,16H,5-6,8-9H2,1H3,(H,25,27). The molecule has 1 aliphatic carbocycles. The van der Waals surface area contributed by atoms with Crippen LogP contribution in [-0.2, 0) is 4.79 Å². The molecule has 2 unspecified atom stereocenters. The fraction of sp³-hybridized carbons (Fsp3) is 0.364. The lowest BCUT2D eigenvalue weighted by Crippen LogP contribution is -2.29. The lowest BCUT2D eigenvalue weighted by Gasteiger charge is -2.22. The van der Waals surface area contributed by atoms with E-state index in [2.05, 4.69) is 12.2 Å². The average molecular weight is 414 g/mol. The number of rotatable bonds is 6. The number of ether oxygens (including phenoxy) is 1. The van der Waals surface area contributed by atoms with E-state index in [9.17, 15) is 9.18 Å². The zero-order valence-electron chi connectivity index (χ0n) is 15.9. The van der Waals surface area contributed by atoms with Crippen LogP contribution in [0.1, 0.15) is 42.9 Å². The first-order chi connectivity index (χ1) is 14.0. The van der Waals surface area contributed by atoms with Gasteiger partial charge in [0.15, 0.2) is 0 Å². The van der Waals surface area contributed by atoms with Crippen LogP contribution in [0.15, 0.2) is 29.6 Å². The Morgan fingerprint density at radius 2 is 2.28 bits per heavy atom. The highest BCUT2D eigenvalue weighted by Gasteiger charge is 2.51. The fourth-order valence-electron chi connectivity index (χ4n) is 4.14. The van der Waals surface area contributed by atoms with Crippen molar-refractivity contribution in [1.29, 1.82) is 0 Å². The van der Waals surface area contributed by atoms with Gasteiger partial charge in [-0.1, -0.05) is 19.1 Å². The minimum absolute atomic E-state index is 0.154. The minimum Gasteiger partial charge on any atom is -0.490 e. The summed E-state index contributed by atoms with van der Waals surface area (Å²) in [4.78, 5) is 15.7. The zero-order chi connectivity index (χ0) is 20.2. The lowest BCUT2D eigenvalue weighted by molar-refractivity contribution is -0.109. The lowest BCUT2D eigenvalue weighted by atomic mass is 9.92. The number of pyridine rings is 1. The predicted octanol–water partition coefficient (Wildman–Crippen LogP) is 4.93. The number of hydrogen-bond acceptors (Lipinski definition) is 4. The third-order valence-corrected chi connectivity index (χ3v) is 6.96. The first-order valence-electron chi connectivity index (χ1n) is 9.71. The Labute approximate surface area is 170 Å². The summed E-state index contributed by atoms with van der Waals surface area (Å²) in [7, 11) is 0. The van der Waals surface area contributed by atoms with Crippen molar-refractivity contribution >= 4 is 27.8 Å². The van der Waals surface area contributed by atoms with Crippen LogP contribution in [0.4, 0.5) is 8.78 Å². The molecule has 1 N–H and O–H groups in total. The summed E-state index contributed by atoms with van der Waals surface area (Å²) in [6, 6.07) is 6.91. The molecule has 4 nitrogen and oxygen atoms in total. The van der Waals surface area contributed by atoms with Gasteiger partial charge >= 0.3 is 0 Å². The van der Waals surface area contributed by atoms with Crippen LogP contribution in [0.3, 0.4) is 0 Å². The first kappa shape index (κ1) is 18.5. The maximum absolute atomic E-state index is 15.1. The third-order valence-electron chi connectivity index (χ3n) is 5.95. The van der Waals surface area contributed by atoms with Gasteiger partial charge in [-0.3, -0.25) is 4.79 Å². The van der Waals surface area contributed by atoms with Gasteiger partial charge in [0.2, 0.25) is 6.41 Å². The molecule has 7 heteroatoms. The quantitative estimate of drug-likeness (QED) is 0.582. The van der Waals surface area contributed by atoms with E-state index >= 15 is 4.39 Å². The number of fused-ring (bicyclic) bond motifs is 2. The topological polar surface area (TPSA) is 51.2 Å². The van der Waals surface area contributed by atoms with Crippen LogP contribution in [0.25, 0.3) is 21.3 Å². The van der Waals surface area contributed by atoms with Crippen molar-refractivity contribution < 1.29 is 18.3 Å². The van der Waals surface area contributed by atoms with Gasteiger partial charge in [0.1, 0.15) is 22.9 Å². The second-order valence-electron chi connectivity index (χ2n) is 7.91. The number of thiophene rings is 1. The number of carbonyl (C=O) groups excluding carboxylic acids is 1. The number of hydrogen-bond donors (Lipinski definition) is 1. The predicted molar refractivity (Wildman–Crippen MR) is 109 cm³/mol. The molecule has 2 aromatic heterocycles. The highest BCUT2D eigenvalue weighted by atomic mass is 32.1. The smallest absolute Gasteiger partial charge is 0.207 e. The molecule has 29 heavy (non-hydrogen) atoms. The van der Waals surface area contributed by atoms with Crippen molar-refractivity contribution in [2.75, 3.05) is 13.2 Å². The molecular formula is C22H20F2N2O2S. The molecule has 2 atom stereocenters. The van der Waals surface area contributed by atoms with Gasteiger partial charge in [0.25, 0.3) is 0 Å². The molecule has 0 spiro atoms. The Balaban J connectivity index is 1.70. The van der Waals surface area contributed by atoms with Crippen molar-refractivity contribution in [2.24, 2.45) is 0 Å². The minimum atomic E-state index is -1.35.